The molecule has 0 aliphatic heterocycles. The van der Waals surface area contributed by atoms with Gasteiger partial charge in [0, 0.05) is 12.7 Å². The zero-order valence-electron chi connectivity index (χ0n) is 10.9. The van der Waals surface area contributed by atoms with Crippen LogP contribution in [0.15, 0.2) is 48.5 Å². The summed E-state index contributed by atoms with van der Waals surface area (Å²) in [5.74, 6) is -0.958. The van der Waals surface area contributed by atoms with Crippen LogP contribution in [0.2, 0.25) is 0 Å². The van der Waals surface area contributed by atoms with Gasteiger partial charge in [-0.3, -0.25) is 5.10 Å². The lowest BCUT2D eigenvalue weighted by molar-refractivity contribution is 0.0697. The number of carboxylic acids is 1. The number of nitrogens with one attached hydrogen (secondary N) is 2. The number of H-pyrrole nitrogens is 1. The Balaban J connectivity index is 0.000000160. The maximum absolute atomic E-state index is 10.5. The average Bonchev–Trinajstić information content (AvgIpc) is 2.96. The predicted molar refractivity (Wildman–Crippen MR) is 76.8 cm³/mol. The number of aromatic nitrogens is 3. The summed E-state index contributed by atoms with van der Waals surface area (Å²) in [6.07, 6.45) is 0. The average molecular weight is 270 g/mol. The molecule has 1 heterocycles. The van der Waals surface area contributed by atoms with Gasteiger partial charge in [-0.05, 0) is 30.3 Å². The van der Waals surface area contributed by atoms with Crippen molar-refractivity contribution in [2.24, 2.45) is 0 Å². The van der Waals surface area contributed by atoms with Gasteiger partial charge in [0.05, 0.1) is 11.1 Å². The Labute approximate surface area is 115 Å². The molecular weight excluding hydrogens is 256 g/mol. The second-order valence-corrected chi connectivity index (χ2v) is 3.96. The summed E-state index contributed by atoms with van der Waals surface area (Å²) in [4.78, 5) is 10.5. The highest BCUT2D eigenvalue weighted by molar-refractivity contribution is 5.91. The van der Waals surface area contributed by atoms with E-state index in [-0.39, 0.29) is 5.56 Å². The van der Waals surface area contributed by atoms with Gasteiger partial charge in [0.25, 0.3) is 0 Å². The third kappa shape index (κ3) is 3.32. The quantitative estimate of drug-likeness (QED) is 0.665. The number of para-hydroxylation sites is 1. The molecule has 0 aliphatic rings. The van der Waals surface area contributed by atoms with Crippen molar-refractivity contribution < 1.29 is 9.90 Å². The fourth-order valence-electron chi connectivity index (χ4n) is 1.58. The van der Waals surface area contributed by atoms with Crippen LogP contribution in [0.1, 0.15) is 10.4 Å². The number of nitrogens with zero attached hydrogens (tertiary/aromatic N) is 2. The van der Waals surface area contributed by atoms with Gasteiger partial charge < -0.3 is 10.4 Å². The van der Waals surface area contributed by atoms with E-state index in [2.05, 4.69) is 20.7 Å². The van der Waals surface area contributed by atoms with Gasteiger partial charge in [-0.2, -0.15) is 0 Å². The lowest BCUT2D eigenvalue weighted by Crippen LogP contribution is -1.94. The highest BCUT2D eigenvalue weighted by Crippen LogP contribution is 2.09. The van der Waals surface area contributed by atoms with Crippen molar-refractivity contribution in [2.45, 2.75) is 0 Å². The van der Waals surface area contributed by atoms with E-state index in [9.17, 15) is 4.79 Å². The molecule has 6 heteroatoms. The molecule has 0 radical (unpaired) electrons. The number of hydrogen-bond acceptors (Lipinski definition) is 4. The van der Waals surface area contributed by atoms with Gasteiger partial charge in [-0.15, -0.1) is 5.10 Å². The minimum Gasteiger partial charge on any atom is -0.478 e. The topological polar surface area (TPSA) is 90.9 Å². The van der Waals surface area contributed by atoms with E-state index in [0.717, 1.165) is 11.2 Å². The lowest BCUT2D eigenvalue weighted by Gasteiger charge is -1.94. The summed E-state index contributed by atoms with van der Waals surface area (Å²) >= 11 is 0. The molecule has 3 rings (SSSR count). The zero-order valence-corrected chi connectivity index (χ0v) is 10.9. The van der Waals surface area contributed by atoms with Crippen LogP contribution in [0.4, 0.5) is 5.69 Å². The molecular formula is C14H14N4O2. The molecule has 0 unspecified atom stereocenters. The van der Waals surface area contributed by atoms with Crippen molar-refractivity contribution in [1.29, 1.82) is 0 Å². The first-order chi connectivity index (χ1) is 9.70. The van der Waals surface area contributed by atoms with Crippen LogP contribution in [-0.2, 0) is 0 Å². The number of rotatable bonds is 2. The molecule has 0 fully saturated rings. The van der Waals surface area contributed by atoms with Crippen LogP contribution in [0.25, 0.3) is 11.0 Å². The number of anilines is 1. The van der Waals surface area contributed by atoms with Crippen molar-refractivity contribution in [3.8, 4) is 0 Å². The van der Waals surface area contributed by atoms with Crippen molar-refractivity contribution in [3.05, 3.63) is 54.1 Å². The standard InChI is InChI=1S/C7H5N3O2.C7H9N/c11-7(12)4-1-2-5-6(3-4)9-10-8-5;1-8-7-5-3-2-4-6-7/h1-3H,(H,11,12)(H,8,9,10);2-6,8H,1H3. The fraction of sp³-hybridized carbons (Fsp3) is 0.0714. The van der Waals surface area contributed by atoms with Gasteiger partial charge in [0.15, 0.2) is 0 Å². The SMILES string of the molecule is CNc1ccccc1.O=C(O)c1ccc2[nH]nnc2c1. The summed E-state index contributed by atoms with van der Waals surface area (Å²) < 4.78 is 0. The number of aromatic carboxylic acids is 1. The second kappa shape index (κ2) is 6.33. The number of carbonyl (C=O) groups is 1. The molecule has 3 aromatic rings. The summed E-state index contributed by atoms with van der Waals surface area (Å²) in [7, 11) is 1.91. The second-order valence-electron chi connectivity index (χ2n) is 3.96. The Bertz CT molecular complexity index is 694. The fourth-order valence-corrected chi connectivity index (χ4v) is 1.58. The van der Waals surface area contributed by atoms with E-state index in [1.54, 1.807) is 6.07 Å². The molecule has 0 saturated carbocycles. The normalized spacial score (nSPS) is 9.65. The highest BCUT2D eigenvalue weighted by atomic mass is 16.4. The molecule has 0 spiro atoms. The molecule has 0 amide bonds. The van der Waals surface area contributed by atoms with E-state index in [4.69, 9.17) is 5.11 Å². The number of benzene rings is 2. The molecule has 0 saturated heterocycles. The van der Waals surface area contributed by atoms with Crippen molar-refractivity contribution in [3.63, 3.8) is 0 Å². The molecule has 102 valence electrons. The molecule has 2 aromatic carbocycles. The molecule has 1 aromatic heterocycles. The number of carboxylic acid groups (broad SMARTS) is 1. The van der Waals surface area contributed by atoms with Crippen molar-refractivity contribution in [1.82, 2.24) is 15.4 Å². The Hall–Kier alpha value is -2.89. The van der Waals surface area contributed by atoms with E-state index < -0.39 is 5.97 Å². The van der Waals surface area contributed by atoms with E-state index >= 15 is 0 Å². The van der Waals surface area contributed by atoms with E-state index in [1.807, 2.05) is 37.4 Å². The maximum atomic E-state index is 10.5. The van der Waals surface area contributed by atoms with E-state index in [1.165, 1.54) is 12.1 Å². The molecule has 0 atom stereocenters. The predicted octanol–water partition coefficient (Wildman–Crippen LogP) is 2.38. The van der Waals surface area contributed by atoms with Gasteiger partial charge in [-0.25, -0.2) is 4.79 Å². The molecule has 6 nitrogen and oxygen atoms in total. The molecule has 0 bridgehead atoms. The van der Waals surface area contributed by atoms with Gasteiger partial charge >= 0.3 is 5.97 Å². The summed E-state index contributed by atoms with van der Waals surface area (Å²) in [5, 5.41) is 21.5. The third-order valence-electron chi connectivity index (χ3n) is 2.64. The molecule has 0 aliphatic carbocycles. The van der Waals surface area contributed by atoms with Crippen LogP contribution in [0, 0.1) is 0 Å². The van der Waals surface area contributed by atoms with Crippen molar-refractivity contribution in [2.75, 3.05) is 12.4 Å². The number of fused-ring (bicyclic) bond motifs is 1. The first kappa shape index (κ1) is 13.5. The van der Waals surface area contributed by atoms with Crippen molar-refractivity contribution >= 4 is 22.7 Å². The van der Waals surface area contributed by atoms with Gasteiger partial charge in [-0.1, -0.05) is 23.4 Å². The Kier molecular flexibility index (Phi) is 4.28. The smallest absolute Gasteiger partial charge is 0.335 e. The number of aromatic amines is 1. The van der Waals surface area contributed by atoms with Crippen LogP contribution in [-0.4, -0.2) is 33.5 Å². The maximum Gasteiger partial charge on any atom is 0.335 e. The first-order valence-corrected chi connectivity index (χ1v) is 5.97. The van der Waals surface area contributed by atoms with Gasteiger partial charge in [0.1, 0.15) is 5.52 Å². The largest absolute Gasteiger partial charge is 0.478 e. The summed E-state index contributed by atoms with van der Waals surface area (Å²) in [6.45, 7) is 0. The van der Waals surface area contributed by atoms with Crippen LogP contribution < -0.4 is 5.32 Å². The minimum absolute atomic E-state index is 0.219. The Morgan fingerprint density at radius 2 is 1.95 bits per heavy atom. The van der Waals surface area contributed by atoms with Gasteiger partial charge in [0.2, 0.25) is 0 Å². The first-order valence-electron chi connectivity index (χ1n) is 5.97. The minimum atomic E-state index is -0.958. The van der Waals surface area contributed by atoms with E-state index in [0.29, 0.717) is 5.52 Å². The Morgan fingerprint density at radius 1 is 1.20 bits per heavy atom. The zero-order chi connectivity index (χ0) is 14.4. The third-order valence-corrected chi connectivity index (χ3v) is 2.64. The monoisotopic (exact) mass is 270 g/mol. The molecule has 20 heavy (non-hydrogen) atoms. The summed E-state index contributed by atoms with van der Waals surface area (Å²) in [5.41, 5.74) is 2.68. The van der Waals surface area contributed by atoms with Crippen LogP contribution >= 0.6 is 0 Å². The highest BCUT2D eigenvalue weighted by Gasteiger charge is 2.04. The summed E-state index contributed by atoms with van der Waals surface area (Å²) in [6, 6.07) is 14.7. The lowest BCUT2D eigenvalue weighted by atomic mass is 10.2. The van der Waals surface area contributed by atoms with Crippen LogP contribution in [0.3, 0.4) is 0 Å². The Morgan fingerprint density at radius 3 is 2.55 bits per heavy atom. The number of hydrogen-bond donors (Lipinski definition) is 3. The van der Waals surface area contributed by atoms with Crippen LogP contribution in [0.5, 0.6) is 0 Å². The molecule has 3 N–H and O–H groups in total.